The summed E-state index contributed by atoms with van der Waals surface area (Å²) in [7, 11) is 0. The lowest BCUT2D eigenvalue weighted by Gasteiger charge is -2.12. The molecule has 4 aromatic rings. The van der Waals surface area contributed by atoms with Crippen LogP contribution >= 0.6 is 22.7 Å². The summed E-state index contributed by atoms with van der Waals surface area (Å²) in [5.41, 5.74) is 0.295. The van der Waals surface area contributed by atoms with Gasteiger partial charge in [-0.05, 0) is 36.1 Å². The van der Waals surface area contributed by atoms with Crippen molar-refractivity contribution < 1.29 is 9.53 Å². The molecule has 30 heavy (non-hydrogen) atoms. The number of aromatic nitrogens is 3. The molecule has 8 nitrogen and oxygen atoms in total. The molecule has 0 unspecified atom stereocenters. The van der Waals surface area contributed by atoms with Gasteiger partial charge >= 0.3 is 5.69 Å². The summed E-state index contributed by atoms with van der Waals surface area (Å²) in [6.07, 6.45) is 1.58. The number of hydrogen-bond donors (Lipinski definition) is 1. The number of carbonyl (C=O) groups excluding carboxylic acids is 1. The average Bonchev–Trinajstić information content (AvgIpc) is 3.41. The Labute approximate surface area is 179 Å². The SMILES string of the molecule is CCOc1cccc(Cn2c(=O)c3sccc3n(CC(=O)Nc3nccs3)c2=O)c1. The molecule has 0 fully saturated rings. The van der Waals surface area contributed by atoms with Gasteiger partial charge in [0.25, 0.3) is 5.56 Å². The first kappa shape index (κ1) is 20.0. The van der Waals surface area contributed by atoms with Gasteiger partial charge in [0.2, 0.25) is 5.91 Å². The van der Waals surface area contributed by atoms with Gasteiger partial charge in [-0.2, -0.15) is 0 Å². The minimum atomic E-state index is -0.540. The fourth-order valence-electron chi connectivity index (χ4n) is 3.10. The third kappa shape index (κ3) is 4.05. The number of ether oxygens (including phenoxy) is 1. The minimum absolute atomic E-state index is 0.0838. The lowest BCUT2D eigenvalue weighted by atomic mass is 10.2. The van der Waals surface area contributed by atoms with Crippen molar-refractivity contribution in [2.24, 2.45) is 0 Å². The smallest absolute Gasteiger partial charge is 0.332 e. The van der Waals surface area contributed by atoms with E-state index < -0.39 is 5.69 Å². The Balaban J connectivity index is 1.72. The molecule has 1 N–H and O–H groups in total. The zero-order chi connectivity index (χ0) is 21.1. The molecule has 1 aromatic carbocycles. The number of thiophene rings is 1. The number of amides is 1. The maximum Gasteiger partial charge on any atom is 0.332 e. The molecule has 0 saturated heterocycles. The van der Waals surface area contributed by atoms with Crippen LogP contribution in [0.4, 0.5) is 5.13 Å². The summed E-state index contributed by atoms with van der Waals surface area (Å²) in [6, 6.07) is 8.94. The Morgan fingerprint density at radius 2 is 2.03 bits per heavy atom. The van der Waals surface area contributed by atoms with Gasteiger partial charge in [-0.3, -0.25) is 18.7 Å². The molecule has 0 spiro atoms. The quantitative estimate of drug-likeness (QED) is 0.475. The second-order valence-corrected chi connectivity index (χ2v) is 8.17. The van der Waals surface area contributed by atoms with E-state index in [0.29, 0.717) is 27.7 Å². The van der Waals surface area contributed by atoms with Crippen molar-refractivity contribution in [3.05, 3.63) is 73.7 Å². The maximum atomic E-state index is 13.2. The zero-order valence-electron chi connectivity index (χ0n) is 16.0. The number of hydrogen-bond acceptors (Lipinski definition) is 7. The Hall–Kier alpha value is -3.24. The topological polar surface area (TPSA) is 95.2 Å². The second-order valence-electron chi connectivity index (χ2n) is 6.36. The van der Waals surface area contributed by atoms with E-state index >= 15 is 0 Å². The first-order valence-electron chi connectivity index (χ1n) is 9.18. The average molecular weight is 443 g/mol. The molecule has 4 rings (SSSR count). The lowest BCUT2D eigenvalue weighted by molar-refractivity contribution is -0.116. The van der Waals surface area contributed by atoms with Crippen molar-refractivity contribution in [2.75, 3.05) is 11.9 Å². The number of nitrogens with zero attached hydrogens (tertiary/aromatic N) is 3. The Kier molecular flexibility index (Phi) is 5.77. The van der Waals surface area contributed by atoms with Crippen LogP contribution in [0.2, 0.25) is 0 Å². The van der Waals surface area contributed by atoms with Crippen LogP contribution in [-0.2, 0) is 17.9 Å². The van der Waals surface area contributed by atoms with Crippen molar-refractivity contribution in [3.63, 3.8) is 0 Å². The van der Waals surface area contributed by atoms with Crippen molar-refractivity contribution in [2.45, 2.75) is 20.0 Å². The van der Waals surface area contributed by atoms with Gasteiger partial charge in [0.15, 0.2) is 5.13 Å². The number of benzene rings is 1. The minimum Gasteiger partial charge on any atom is -0.494 e. The molecule has 0 radical (unpaired) electrons. The lowest BCUT2D eigenvalue weighted by Crippen LogP contribution is -2.41. The Morgan fingerprint density at radius 3 is 2.80 bits per heavy atom. The first-order valence-corrected chi connectivity index (χ1v) is 10.9. The van der Waals surface area contributed by atoms with E-state index in [0.717, 1.165) is 10.1 Å². The molecular formula is C20H18N4O4S2. The summed E-state index contributed by atoms with van der Waals surface area (Å²) in [5, 5.41) is 6.60. The van der Waals surface area contributed by atoms with Crippen LogP contribution in [0.25, 0.3) is 10.2 Å². The van der Waals surface area contributed by atoms with Crippen LogP contribution in [-0.4, -0.2) is 26.6 Å². The van der Waals surface area contributed by atoms with Crippen LogP contribution in [0.15, 0.2) is 56.9 Å². The monoisotopic (exact) mass is 442 g/mol. The van der Waals surface area contributed by atoms with E-state index in [2.05, 4.69) is 10.3 Å². The summed E-state index contributed by atoms with van der Waals surface area (Å²) in [6.45, 7) is 2.27. The highest BCUT2D eigenvalue weighted by Gasteiger charge is 2.17. The van der Waals surface area contributed by atoms with Crippen LogP contribution in [0, 0.1) is 0 Å². The zero-order valence-corrected chi connectivity index (χ0v) is 17.7. The summed E-state index contributed by atoms with van der Waals surface area (Å²) >= 11 is 2.53. The molecule has 0 aliphatic carbocycles. The predicted molar refractivity (Wildman–Crippen MR) is 118 cm³/mol. The van der Waals surface area contributed by atoms with Gasteiger partial charge in [-0.15, -0.1) is 22.7 Å². The normalized spacial score (nSPS) is 11.0. The largest absolute Gasteiger partial charge is 0.494 e. The Morgan fingerprint density at radius 1 is 1.17 bits per heavy atom. The highest BCUT2D eigenvalue weighted by Crippen LogP contribution is 2.17. The van der Waals surface area contributed by atoms with Crippen molar-refractivity contribution in [1.82, 2.24) is 14.1 Å². The highest BCUT2D eigenvalue weighted by molar-refractivity contribution is 7.17. The summed E-state index contributed by atoms with van der Waals surface area (Å²) in [5.74, 6) is 0.284. The van der Waals surface area contributed by atoms with Crippen molar-refractivity contribution >= 4 is 43.9 Å². The van der Waals surface area contributed by atoms with Gasteiger partial charge in [-0.1, -0.05) is 12.1 Å². The van der Waals surface area contributed by atoms with Gasteiger partial charge in [0, 0.05) is 11.6 Å². The summed E-state index contributed by atoms with van der Waals surface area (Å²) in [4.78, 5) is 42.6. The van der Waals surface area contributed by atoms with Crippen LogP contribution in [0.5, 0.6) is 5.75 Å². The Bertz CT molecular complexity index is 1300. The predicted octanol–water partition coefficient (Wildman–Crippen LogP) is 2.77. The molecule has 0 aliphatic rings. The van der Waals surface area contributed by atoms with Gasteiger partial charge < -0.3 is 10.1 Å². The van der Waals surface area contributed by atoms with Gasteiger partial charge in [0.1, 0.15) is 17.0 Å². The fourth-order valence-corrected chi connectivity index (χ4v) is 4.48. The first-order chi connectivity index (χ1) is 14.6. The molecule has 1 amide bonds. The molecule has 0 saturated carbocycles. The maximum absolute atomic E-state index is 13.2. The second kappa shape index (κ2) is 8.64. The summed E-state index contributed by atoms with van der Waals surface area (Å²) < 4.78 is 8.41. The third-order valence-electron chi connectivity index (χ3n) is 4.37. The molecule has 154 valence electrons. The standard InChI is InChI=1S/C20H18N4O4S2/c1-2-28-14-5-3-4-13(10-14)11-24-18(26)17-15(6-8-29-17)23(20(24)27)12-16(25)22-19-21-7-9-30-19/h3-10H,2,11-12H2,1H3,(H,21,22,25). The fraction of sp³-hybridized carbons (Fsp3) is 0.200. The number of fused-ring (bicyclic) bond motifs is 1. The van der Waals surface area contributed by atoms with Gasteiger partial charge in [-0.25, -0.2) is 9.78 Å². The van der Waals surface area contributed by atoms with E-state index in [1.165, 1.54) is 27.2 Å². The highest BCUT2D eigenvalue weighted by atomic mass is 32.1. The number of thiazole rings is 1. The molecule has 0 bridgehead atoms. The molecule has 10 heteroatoms. The molecule has 3 heterocycles. The van der Waals surface area contributed by atoms with Crippen LogP contribution < -0.4 is 21.3 Å². The van der Waals surface area contributed by atoms with E-state index in [4.69, 9.17) is 4.74 Å². The van der Waals surface area contributed by atoms with Crippen LogP contribution in [0.3, 0.4) is 0 Å². The number of carbonyl (C=O) groups is 1. The van der Waals surface area contributed by atoms with E-state index in [-0.39, 0.29) is 24.6 Å². The van der Waals surface area contributed by atoms with E-state index in [9.17, 15) is 14.4 Å². The number of nitrogens with one attached hydrogen (secondary N) is 1. The molecule has 0 aliphatic heterocycles. The van der Waals surface area contributed by atoms with E-state index in [1.54, 1.807) is 29.1 Å². The van der Waals surface area contributed by atoms with Crippen molar-refractivity contribution in [3.8, 4) is 5.75 Å². The van der Waals surface area contributed by atoms with Crippen LogP contribution in [0.1, 0.15) is 12.5 Å². The molecule has 0 atom stereocenters. The molecule has 3 aromatic heterocycles. The number of rotatable bonds is 7. The molecular weight excluding hydrogens is 424 g/mol. The van der Waals surface area contributed by atoms with E-state index in [1.807, 2.05) is 25.1 Å². The third-order valence-corrected chi connectivity index (χ3v) is 5.95. The van der Waals surface area contributed by atoms with Gasteiger partial charge in [0.05, 0.1) is 18.7 Å². The number of anilines is 1. The van der Waals surface area contributed by atoms with Crippen molar-refractivity contribution in [1.29, 1.82) is 0 Å².